The highest BCUT2D eigenvalue weighted by Crippen LogP contribution is 2.33. The predicted octanol–water partition coefficient (Wildman–Crippen LogP) is 3.70. The summed E-state index contributed by atoms with van der Waals surface area (Å²) in [7, 11) is 0. The molecule has 0 amide bonds. The molecule has 0 aliphatic rings. The molecule has 0 spiro atoms. The summed E-state index contributed by atoms with van der Waals surface area (Å²) in [4.78, 5) is 4.16. The molecule has 0 fully saturated rings. The fourth-order valence-corrected chi connectivity index (χ4v) is 2.07. The molecule has 0 saturated carbocycles. The van der Waals surface area contributed by atoms with Gasteiger partial charge in [-0.2, -0.15) is 18.2 Å². The third-order valence-electron chi connectivity index (χ3n) is 3.33. The normalized spacial score (nSPS) is 13.0. The van der Waals surface area contributed by atoms with Crippen LogP contribution in [0.25, 0.3) is 22.8 Å². The Morgan fingerprint density at radius 1 is 0.917 bits per heavy atom. The van der Waals surface area contributed by atoms with Crippen molar-refractivity contribution in [3.63, 3.8) is 0 Å². The second-order valence-corrected chi connectivity index (χ2v) is 5.04. The number of aliphatic hydroxyl groups is 1. The van der Waals surface area contributed by atoms with E-state index >= 15 is 0 Å². The quantitative estimate of drug-likeness (QED) is 0.762. The number of hydrogen-bond acceptors (Lipinski definition) is 5. The van der Waals surface area contributed by atoms with Crippen molar-refractivity contribution in [3.05, 3.63) is 54.1 Å². The topological polar surface area (TPSA) is 79.4 Å². The minimum Gasteiger partial charge on any atom is -0.508 e. The molecule has 2 N–H and O–H groups in total. The van der Waals surface area contributed by atoms with Crippen LogP contribution in [0.15, 0.2) is 53.1 Å². The summed E-state index contributed by atoms with van der Waals surface area (Å²) in [6.07, 6.45) is -7.26. The molecule has 1 aromatic heterocycles. The number of benzene rings is 2. The van der Waals surface area contributed by atoms with Gasteiger partial charge < -0.3 is 14.7 Å². The predicted molar refractivity (Wildman–Crippen MR) is 77.8 cm³/mol. The van der Waals surface area contributed by atoms with Gasteiger partial charge in [-0.15, -0.1) is 0 Å². The van der Waals surface area contributed by atoms with Gasteiger partial charge in [-0.3, -0.25) is 0 Å². The Morgan fingerprint density at radius 2 is 1.50 bits per heavy atom. The molecule has 24 heavy (non-hydrogen) atoms. The summed E-state index contributed by atoms with van der Waals surface area (Å²) >= 11 is 0. The van der Waals surface area contributed by atoms with Gasteiger partial charge in [0.25, 0.3) is 5.89 Å². The third kappa shape index (κ3) is 3.23. The number of nitrogens with zero attached hydrogens (tertiary/aromatic N) is 2. The van der Waals surface area contributed by atoms with Crippen molar-refractivity contribution >= 4 is 0 Å². The summed E-state index contributed by atoms with van der Waals surface area (Å²) < 4.78 is 42.5. The molecule has 0 aliphatic heterocycles. The van der Waals surface area contributed by atoms with Crippen LogP contribution in [0, 0.1) is 0 Å². The highest BCUT2D eigenvalue weighted by atomic mass is 19.4. The standard InChI is InChI=1S/C16H11F3N2O3/c17-16(18,19)13(23)9-1-3-10(4-2-9)14-20-15(24-21-14)11-5-7-12(22)8-6-11/h1-8,13,22-23H. The van der Waals surface area contributed by atoms with E-state index in [0.29, 0.717) is 11.1 Å². The Morgan fingerprint density at radius 3 is 2.08 bits per heavy atom. The fraction of sp³-hybridized carbons (Fsp3) is 0.125. The monoisotopic (exact) mass is 336 g/mol. The maximum absolute atomic E-state index is 12.5. The smallest absolute Gasteiger partial charge is 0.418 e. The molecule has 0 aliphatic carbocycles. The van der Waals surface area contributed by atoms with Crippen LogP contribution in [0.2, 0.25) is 0 Å². The SMILES string of the molecule is Oc1ccc(-c2nc(-c3ccc(C(O)C(F)(F)F)cc3)no2)cc1. The lowest BCUT2D eigenvalue weighted by Gasteiger charge is -2.14. The van der Waals surface area contributed by atoms with E-state index in [9.17, 15) is 23.4 Å². The molecule has 3 rings (SSSR count). The molecule has 124 valence electrons. The average Bonchev–Trinajstić information content (AvgIpc) is 3.04. The number of aromatic nitrogens is 2. The summed E-state index contributed by atoms with van der Waals surface area (Å²) in [5.41, 5.74) is 0.770. The van der Waals surface area contributed by atoms with Gasteiger partial charge in [0.15, 0.2) is 6.10 Å². The number of aromatic hydroxyl groups is 1. The first kappa shape index (κ1) is 16.0. The van der Waals surface area contributed by atoms with Crippen LogP contribution in [-0.2, 0) is 0 Å². The van der Waals surface area contributed by atoms with Gasteiger partial charge in [-0.05, 0) is 29.8 Å². The van der Waals surface area contributed by atoms with E-state index in [1.807, 2.05) is 0 Å². The maximum Gasteiger partial charge on any atom is 0.418 e. The Hall–Kier alpha value is -2.87. The summed E-state index contributed by atoms with van der Waals surface area (Å²) in [6, 6.07) is 11.2. The molecule has 0 radical (unpaired) electrons. The van der Waals surface area contributed by atoms with Crippen LogP contribution in [0.3, 0.4) is 0 Å². The van der Waals surface area contributed by atoms with E-state index in [1.165, 1.54) is 24.3 Å². The fourth-order valence-electron chi connectivity index (χ4n) is 2.07. The summed E-state index contributed by atoms with van der Waals surface area (Å²) in [5.74, 6) is 0.507. The second kappa shape index (κ2) is 5.97. The Bertz CT molecular complexity index is 827. The van der Waals surface area contributed by atoms with E-state index in [1.54, 1.807) is 12.1 Å². The lowest BCUT2D eigenvalue weighted by Crippen LogP contribution is -2.19. The van der Waals surface area contributed by atoms with Crippen LogP contribution in [0.1, 0.15) is 11.7 Å². The number of halogens is 3. The van der Waals surface area contributed by atoms with E-state index in [2.05, 4.69) is 10.1 Å². The van der Waals surface area contributed by atoms with Crippen molar-refractivity contribution < 1.29 is 27.9 Å². The minimum absolute atomic E-state index is 0.0947. The lowest BCUT2D eigenvalue weighted by molar-refractivity contribution is -0.206. The Balaban J connectivity index is 1.84. The van der Waals surface area contributed by atoms with Crippen LogP contribution in [-0.4, -0.2) is 26.5 Å². The molecule has 5 nitrogen and oxygen atoms in total. The van der Waals surface area contributed by atoms with Gasteiger partial charge in [0.2, 0.25) is 5.82 Å². The van der Waals surface area contributed by atoms with Gasteiger partial charge in [0.05, 0.1) is 0 Å². The number of alkyl halides is 3. The molecule has 1 unspecified atom stereocenters. The summed E-state index contributed by atoms with van der Waals surface area (Å²) in [5, 5.41) is 22.2. The van der Waals surface area contributed by atoms with Gasteiger partial charge in [0, 0.05) is 11.1 Å². The van der Waals surface area contributed by atoms with Crippen LogP contribution in [0.4, 0.5) is 13.2 Å². The molecule has 1 heterocycles. The van der Waals surface area contributed by atoms with Gasteiger partial charge in [-0.1, -0.05) is 29.4 Å². The van der Waals surface area contributed by atoms with Crippen molar-refractivity contribution in [2.75, 3.05) is 0 Å². The van der Waals surface area contributed by atoms with E-state index in [4.69, 9.17) is 4.52 Å². The molecule has 1 atom stereocenters. The molecular weight excluding hydrogens is 325 g/mol. The molecular formula is C16H11F3N2O3. The number of phenolic OH excluding ortho intramolecular Hbond substituents is 1. The highest BCUT2D eigenvalue weighted by Gasteiger charge is 2.39. The van der Waals surface area contributed by atoms with Crippen molar-refractivity contribution in [3.8, 4) is 28.6 Å². The number of hydrogen-bond donors (Lipinski definition) is 2. The summed E-state index contributed by atoms with van der Waals surface area (Å²) in [6.45, 7) is 0. The van der Waals surface area contributed by atoms with Crippen molar-refractivity contribution in [1.82, 2.24) is 10.1 Å². The van der Waals surface area contributed by atoms with E-state index < -0.39 is 12.3 Å². The Kier molecular flexibility index (Phi) is 3.98. The highest BCUT2D eigenvalue weighted by molar-refractivity contribution is 5.60. The first-order chi connectivity index (χ1) is 11.3. The average molecular weight is 336 g/mol. The third-order valence-corrected chi connectivity index (χ3v) is 3.33. The van der Waals surface area contributed by atoms with Crippen molar-refractivity contribution in [1.29, 1.82) is 0 Å². The molecule has 8 heteroatoms. The van der Waals surface area contributed by atoms with E-state index in [-0.39, 0.29) is 23.0 Å². The number of aliphatic hydroxyl groups excluding tert-OH is 1. The van der Waals surface area contributed by atoms with Crippen molar-refractivity contribution in [2.45, 2.75) is 12.3 Å². The van der Waals surface area contributed by atoms with Crippen molar-refractivity contribution in [2.24, 2.45) is 0 Å². The number of rotatable bonds is 3. The van der Waals surface area contributed by atoms with Crippen LogP contribution in [0.5, 0.6) is 5.75 Å². The van der Waals surface area contributed by atoms with Gasteiger partial charge in [-0.25, -0.2) is 0 Å². The largest absolute Gasteiger partial charge is 0.508 e. The zero-order valence-corrected chi connectivity index (χ0v) is 12.0. The molecule has 2 aromatic carbocycles. The number of phenols is 1. The second-order valence-electron chi connectivity index (χ2n) is 5.04. The minimum atomic E-state index is -4.72. The lowest BCUT2D eigenvalue weighted by atomic mass is 10.1. The van der Waals surface area contributed by atoms with Gasteiger partial charge >= 0.3 is 6.18 Å². The first-order valence-corrected chi connectivity index (χ1v) is 6.83. The molecule has 0 bridgehead atoms. The maximum atomic E-state index is 12.5. The van der Waals surface area contributed by atoms with E-state index in [0.717, 1.165) is 12.1 Å². The zero-order chi connectivity index (χ0) is 17.3. The van der Waals surface area contributed by atoms with Gasteiger partial charge in [0.1, 0.15) is 5.75 Å². The molecule has 3 aromatic rings. The molecule has 0 saturated heterocycles. The van der Waals surface area contributed by atoms with Crippen LogP contribution < -0.4 is 0 Å². The van der Waals surface area contributed by atoms with Crippen LogP contribution >= 0.6 is 0 Å². The first-order valence-electron chi connectivity index (χ1n) is 6.83. The Labute approximate surface area is 134 Å². The zero-order valence-electron chi connectivity index (χ0n) is 12.0.